The lowest BCUT2D eigenvalue weighted by atomic mass is 10.0. The van der Waals surface area contributed by atoms with E-state index in [9.17, 15) is 0 Å². The van der Waals surface area contributed by atoms with Gasteiger partial charge in [0.2, 0.25) is 0 Å². The van der Waals surface area contributed by atoms with Crippen LogP contribution in [-0.2, 0) is 0 Å². The lowest BCUT2D eigenvalue weighted by Crippen LogP contribution is -2.46. The van der Waals surface area contributed by atoms with E-state index in [0.717, 1.165) is 11.7 Å². The van der Waals surface area contributed by atoms with Gasteiger partial charge in [-0.3, -0.25) is 0 Å². The molecular weight excluding hydrogens is 204 g/mol. The molecule has 0 amide bonds. The average molecular weight is 224 g/mol. The van der Waals surface area contributed by atoms with Crippen LogP contribution >= 0.6 is 11.8 Å². The van der Waals surface area contributed by atoms with Crippen LogP contribution in [0.1, 0.15) is 39.0 Å². The molecule has 2 rings (SSSR count). The summed E-state index contributed by atoms with van der Waals surface area (Å²) in [6.45, 7) is 2.32. The van der Waals surface area contributed by atoms with E-state index in [0.29, 0.717) is 12.1 Å². The van der Waals surface area contributed by atoms with Crippen molar-refractivity contribution < 1.29 is 0 Å². The molecule has 0 aromatic carbocycles. The zero-order valence-corrected chi connectivity index (χ0v) is 10.2. The Balaban J connectivity index is 1.87. The monoisotopic (exact) mass is 224 g/mol. The fourth-order valence-electron chi connectivity index (χ4n) is 2.73. The molecule has 0 aromatic rings. The lowest BCUT2D eigenvalue weighted by molar-refractivity contribution is 0.371. The first-order valence-corrected chi connectivity index (χ1v) is 7.13. The van der Waals surface area contributed by atoms with Gasteiger partial charge in [0.25, 0.3) is 0 Å². The summed E-state index contributed by atoms with van der Waals surface area (Å²) in [5.41, 5.74) is 0. The van der Waals surface area contributed by atoms with Gasteiger partial charge in [-0.15, -0.1) is 0 Å². The molecule has 0 bridgehead atoms. The fourth-order valence-corrected chi connectivity index (χ4v) is 3.88. The highest BCUT2D eigenvalue weighted by Crippen LogP contribution is 2.30. The normalized spacial score (nSPS) is 41.3. The molecule has 3 heteroatoms. The van der Waals surface area contributed by atoms with E-state index >= 15 is 0 Å². The molecular formula is C12H20N2S. The molecule has 1 aliphatic carbocycles. The highest BCUT2D eigenvalue weighted by atomic mass is 32.2. The predicted octanol–water partition coefficient (Wildman–Crippen LogP) is 2.55. The predicted molar refractivity (Wildman–Crippen MR) is 64.8 cm³/mol. The maximum Gasteiger partial charge on any atom is 0.0672 e. The van der Waals surface area contributed by atoms with Gasteiger partial charge in [0.1, 0.15) is 0 Å². The third-order valence-corrected chi connectivity index (χ3v) is 5.10. The van der Waals surface area contributed by atoms with Crippen molar-refractivity contribution in [3.05, 3.63) is 0 Å². The Hall–Kier alpha value is -0.200. The van der Waals surface area contributed by atoms with E-state index in [1.54, 1.807) is 0 Å². The van der Waals surface area contributed by atoms with E-state index in [2.05, 4.69) is 30.1 Å². The molecule has 1 N–H and O–H groups in total. The van der Waals surface area contributed by atoms with E-state index in [1.165, 1.54) is 31.4 Å². The summed E-state index contributed by atoms with van der Waals surface area (Å²) in [6.07, 6.45) is 6.15. The summed E-state index contributed by atoms with van der Waals surface area (Å²) in [5, 5.41) is 13.5. The third kappa shape index (κ3) is 2.68. The molecule has 0 aromatic heterocycles. The Morgan fingerprint density at radius 2 is 2.00 bits per heavy atom. The van der Waals surface area contributed by atoms with E-state index in [1.807, 2.05) is 0 Å². The van der Waals surface area contributed by atoms with Crippen LogP contribution in [0.5, 0.6) is 0 Å². The summed E-state index contributed by atoms with van der Waals surface area (Å²) in [5.74, 6) is 1.58. The van der Waals surface area contributed by atoms with Crippen molar-refractivity contribution in [3.8, 4) is 6.07 Å². The highest BCUT2D eigenvalue weighted by Gasteiger charge is 2.31. The summed E-state index contributed by atoms with van der Waals surface area (Å²) in [4.78, 5) is 0. The minimum absolute atomic E-state index is 0.268. The SMILES string of the molecule is CC1SCCCC1NC1CCCC1C#N. The van der Waals surface area contributed by atoms with Crippen LogP contribution in [-0.4, -0.2) is 23.1 Å². The molecule has 15 heavy (non-hydrogen) atoms. The maximum atomic E-state index is 9.04. The Morgan fingerprint density at radius 1 is 1.20 bits per heavy atom. The minimum Gasteiger partial charge on any atom is -0.309 e. The van der Waals surface area contributed by atoms with Crippen molar-refractivity contribution in [1.82, 2.24) is 5.32 Å². The van der Waals surface area contributed by atoms with Crippen LogP contribution in [0.4, 0.5) is 0 Å². The molecule has 1 aliphatic heterocycles. The van der Waals surface area contributed by atoms with Gasteiger partial charge in [0.05, 0.1) is 12.0 Å². The van der Waals surface area contributed by atoms with Gasteiger partial charge in [-0.1, -0.05) is 13.3 Å². The van der Waals surface area contributed by atoms with E-state index in [4.69, 9.17) is 5.26 Å². The third-order valence-electron chi connectivity index (χ3n) is 3.72. The average Bonchev–Trinajstić information content (AvgIpc) is 2.69. The van der Waals surface area contributed by atoms with Crippen LogP contribution in [0.3, 0.4) is 0 Å². The van der Waals surface area contributed by atoms with Crippen LogP contribution in [0.15, 0.2) is 0 Å². The van der Waals surface area contributed by atoms with Crippen LogP contribution < -0.4 is 5.32 Å². The van der Waals surface area contributed by atoms with Crippen molar-refractivity contribution in [2.24, 2.45) is 5.92 Å². The Bertz CT molecular complexity index is 248. The molecule has 1 saturated carbocycles. The van der Waals surface area contributed by atoms with E-state index in [-0.39, 0.29) is 5.92 Å². The number of hydrogen-bond acceptors (Lipinski definition) is 3. The largest absolute Gasteiger partial charge is 0.309 e. The number of rotatable bonds is 2. The molecule has 2 nitrogen and oxygen atoms in total. The van der Waals surface area contributed by atoms with Crippen LogP contribution in [0.25, 0.3) is 0 Å². The zero-order chi connectivity index (χ0) is 10.7. The second-order valence-electron chi connectivity index (χ2n) is 4.76. The molecule has 4 unspecified atom stereocenters. The zero-order valence-electron chi connectivity index (χ0n) is 9.41. The summed E-state index contributed by atoms with van der Waals surface area (Å²) in [7, 11) is 0. The summed E-state index contributed by atoms with van der Waals surface area (Å²) >= 11 is 2.07. The highest BCUT2D eigenvalue weighted by molar-refractivity contribution is 7.99. The van der Waals surface area contributed by atoms with Gasteiger partial charge in [0, 0.05) is 17.3 Å². The molecule has 0 radical (unpaired) electrons. The molecule has 4 atom stereocenters. The Morgan fingerprint density at radius 3 is 2.73 bits per heavy atom. The van der Waals surface area contributed by atoms with Gasteiger partial charge in [-0.2, -0.15) is 17.0 Å². The number of hydrogen-bond donors (Lipinski definition) is 1. The summed E-state index contributed by atoms with van der Waals surface area (Å²) in [6, 6.07) is 3.56. The summed E-state index contributed by atoms with van der Waals surface area (Å²) < 4.78 is 0. The van der Waals surface area contributed by atoms with Gasteiger partial charge < -0.3 is 5.32 Å². The van der Waals surface area contributed by atoms with E-state index < -0.39 is 0 Å². The first-order valence-electron chi connectivity index (χ1n) is 6.08. The second-order valence-corrected chi connectivity index (χ2v) is 6.25. The number of nitrogens with one attached hydrogen (secondary N) is 1. The topological polar surface area (TPSA) is 35.8 Å². The fraction of sp³-hybridized carbons (Fsp3) is 0.917. The van der Waals surface area contributed by atoms with Crippen molar-refractivity contribution in [2.45, 2.75) is 56.4 Å². The van der Waals surface area contributed by atoms with Crippen molar-refractivity contribution in [3.63, 3.8) is 0 Å². The van der Waals surface area contributed by atoms with Gasteiger partial charge in [0.15, 0.2) is 0 Å². The molecule has 1 saturated heterocycles. The Kier molecular flexibility index (Phi) is 3.93. The van der Waals surface area contributed by atoms with Gasteiger partial charge in [-0.05, 0) is 31.4 Å². The maximum absolute atomic E-state index is 9.04. The van der Waals surface area contributed by atoms with Crippen molar-refractivity contribution in [1.29, 1.82) is 5.26 Å². The van der Waals surface area contributed by atoms with Crippen LogP contribution in [0.2, 0.25) is 0 Å². The van der Waals surface area contributed by atoms with Gasteiger partial charge >= 0.3 is 0 Å². The Labute approximate surface area is 96.8 Å². The minimum atomic E-state index is 0.268. The van der Waals surface area contributed by atoms with Crippen LogP contribution in [0, 0.1) is 17.2 Å². The number of nitrogens with zero attached hydrogens (tertiary/aromatic N) is 1. The molecule has 0 spiro atoms. The molecule has 2 aliphatic rings. The second kappa shape index (κ2) is 5.23. The molecule has 1 heterocycles. The van der Waals surface area contributed by atoms with Crippen molar-refractivity contribution in [2.75, 3.05) is 5.75 Å². The quantitative estimate of drug-likeness (QED) is 0.783. The van der Waals surface area contributed by atoms with Gasteiger partial charge in [-0.25, -0.2) is 0 Å². The molecule has 84 valence electrons. The first-order chi connectivity index (χ1) is 7.31. The first kappa shape index (κ1) is 11.3. The number of thioether (sulfide) groups is 1. The molecule has 2 fully saturated rings. The van der Waals surface area contributed by atoms with Crippen molar-refractivity contribution >= 4 is 11.8 Å². The standard InChI is InChI=1S/C12H20N2S/c1-9-11(6-3-7-15-9)14-12-5-2-4-10(12)8-13/h9-12,14H,2-7H2,1H3. The smallest absolute Gasteiger partial charge is 0.0672 e. The number of nitriles is 1. The lowest BCUT2D eigenvalue weighted by Gasteiger charge is -2.32.